The minimum atomic E-state index is -0.0810. The Morgan fingerprint density at radius 3 is 3.09 bits per heavy atom. The van der Waals surface area contributed by atoms with Crippen LogP contribution in [-0.4, -0.2) is 9.97 Å². The van der Waals surface area contributed by atoms with Crippen molar-refractivity contribution in [3.05, 3.63) is 29.1 Å². The van der Waals surface area contributed by atoms with Crippen LogP contribution in [0.5, 0.6) is 0 Å². The molecule has 0 unspecified atom stereocenters. The molecule has 2 heterocycles. The Balaban J connectivity index is 2.46. The van der Waals surface area contributed by atoms with E-state index in [1.54, 1.807) is 12.1 Å². The number of aromatic amines is 1. The number of H-pyrrole nitrogens is 1. The van der Waals surface area contributed by atoms with Crippen LogP contribution < -0.4 is 0 Å². The fourth-order valence-electron chi connectivity index (χ4n) is 0.757. The summed E-state index contributed by atoms with van der Waals surface area (Å²) in [5, 5.41) is 0. The second kappa shape index (κ2) is 2.54. The summed E-state index contributed by atoms with van der Waals surface area (Å²) in [6.45, 7) is 0. The van der Waals surface area contributed by atoms with Gasteiger partial charge in [-0.1, -0.05) is 0 Å². The highest BCUT2D eigenvalue weighted by atomic mass is 79.9. The molecule has 0 bridgehead atoms. The highest BCUT2D eigenvalue weighted by Gasteiger charge is 2.03. The van der Waals surface area contributed by atoms with E-state index in [4.69, 9.17) is 7.16 Å². The number of hydrogen-bond donors (Lipinski definition) is 1. The first-order valence-corrected chi connectivity index (χ1v) is 3.75. The molecule has 0 aliphatic carbocycles. The van der Waals surface area contributed by atoms with Gasteiger partial charge in [-0.05, 0) is 28.1 Å². The molecule has 0 fully saturated rings. The maximum Gasteiger partial charge on any atom is 0.173 e. The number of furan rings is 1. The molecule has 56 valence electrons. The number of imidazole rings is 1. The Labute approximate surface area is 74.4 Å². The van der Waals surface area contributed by atoms with Crippen molar-refractivity contribution in [1.29, 1.82) is 0 Å². The lowest BCUT2D eigenvalue weighted by atomic mass is 10.4. The first-order valence-electron chi connectivity index (χ1n) is 3.96. The number of hydrogen-bond acceptors (Lipinski definition) is 2. The Bertz CT molecular complexity index is 418. The predicted molar refractivity (Wildman–Crippen MR) is 44.0 cm³/mol. The van der Waals surface area contributed by atoms with Crippen molar-refractivity contribution >= 4 is 15.9 Å². The monoisotopic (exact) mass is 214 g/mol. The third-order valence-corrected chi connectivity index (χ3v) is 1.64. The highest BCUT2D eigenvalue weighted by Crippen LogP contribution is 2.21. The standard InChI is InChI=1S/C7H5BrN2O/c8-6-2-1-5(11-6)7-9-3-4-10-7/h1-4H,(H,9,10)/i3D,4D. The fraction of sp³-hybridized carbons (Fsp3) is 0. The molecule has 0 aliphatic rings. The molecule has 0 radical (unpaired) electrons. The van der Waals surface area contributed by atoms with Gasteiger partial charge in [0, 0.05) is 12.3 Å². The van der Waals surface area contributed by atoms with Crippen molar-refractivity contribution in [2.45, 2.75) is 0 Å². The summed E-state index contributed by atoms with van der Waals surface area (Å²) in [5.74, 6) is 0.916. The smallest absolute Gasteiger partial charge is 0.173 e. The highest BCUT2D eigenvalue weighted by molar-refractivity contribution is 9.10. The number of aromatic nitrogens is 2. The summed E-state index contributed by atoms with van der Waals surface area (Å²) in [5.41, 5.74) is 0. The zero-order valence-electron chi connectivity index (χ0n) is 7.39. The topological polar surface area (TPSA) is 41.8 Å². The molecule has 0 aromatic carbocycles. The van der Waals surface area contributed by atoms with Crippen molar-refractivity contribution in [3.63, 3.8) is 0 Å². The summed E-state index contributed by atoms with van der Waals surface area (Å²) in [6, 6.07) is 3.44. The van der Waals surface area contributed by atoms with Crippen LogP contribution in [0.25, 0.3) is 11.6 Å². The van der Waals surface area contributed by atoms with Gasteiger partial charge in [-0.15, -0.1) is 0 Å². The minimum Gasteiger partial charge on any atom is -0.446 e. The molecule has 0 amide bonds. The minimum absolute atomic E-state index is 0.0116. The zero-order chi connectivity index (χ0) is 9.42. The second-order valence-electron chi connectivity index (χ2n) is 1.93. The zero-order valence-corrected chi connectivity index (χ0v) is 6.97. The molecule has 1 N–H and O–H groups in total. The molecular formula is C7H5BrN2O. The van der Waals surface area contributed by atoms with Crippen molar-refractivity contribution in [2.24, 2.45) is 0 Å². The molecule has 0 spiro atoms. The van der Waals surface area contributed by atoms with Gasteiger partial charge >= 0.3 is 0 Å². The molecule has 0 saturated carbocycles. The summed E-state index contributed by atoms with van der Waals surface area (Å²) in [6.07, 6.45) is -0.0926. The van der Waals surface area contributed by atoms with E-state index < -0.39 is 0 Å². The van der Waals surface area contributed by atoms with Crippen LogP contribution in [0.3, 0.4) is 0 Å². The van der Waals surface area contributed by atoms with Crippen molar-refractivity contribution in [3.8, 4) is 11.6 Å². The van der Waals surface area contributed by atoms with E-state index in [2.05, 4.69) is 25.9 Å². The van der Waals surface area contributed by atoms with E-state index in [0.29, 0.717) is 16.3 Å². The predicted octanol–water partition coefficient (Wildman–Crippen LogP) is 2.43. The van der Waals surface area contributed by atoms with Crippen molar-refractivity contribution < 1.29 is 7.16 Å². The third-order valence-electron chi connectivity index (χ3n) is 1.21. The maximum absolute atomic E-state index is 7.24. The molecule has 2 aromatic heterocycles. The van der Waals surface area contributed by atoms with Crippen LogP contribution in [-0.2, 0) is 0 Å². The lowest BCUT2D eigenvalue weighted by Crippen LogP contribution is -1.73. The van der Waals surface area contributed by atoms with Gasteiger partial charge in [0.05, 0.1) is 2.74 Å². The van der Waals surface area contributed by atoms with Crippen molar-refractivity contribution in [2.75, 3.05) is 0 Å². The van der Waals surface area contributed by atoms with E-state index in [-0.39, 0.29) is 12.3 Å². The number of rotatable bonds is 1. The molecule has 11 heavy (non-hydrogen) atoms. The Hall–Kier alpha value is -1.03. The normalized spacial score (nSPS) is 12.8. The van der Waals surface area contributed by atoms with Gasteiger partial charge in [0.15, 0.2) is 16.3 Å². The van der Waals surface area contributed by atoms with Crippen LogP contribution in [0, 0.1) is 0 Å². The summed E-state index contributed by atoms with van der Waals surface area (Å²) >= 11 is 3.15. The van der Waals surface area contributed by atoms with Crippen LogP contribution >= 0.6 is 15.9 Å². The lowest BCUT2D eigenvalue weighted by Gasteiger charge is -1.86. The first kappa shape index (κ1) is 4.77. The maximum atomic E-state index is 7.24. The molecular weight excluding hydrogens is 208 g/mol. The SMILES string of the molecule is [2H]c1nc(-c2ccc(Br)o2)[nH]c1[2H]. The van der Waals surface area contributed by atoms with Gasteiger partial charge in [0.25, 0.3) is 0 Å². The van der Waals surface area contributed by atoms with Crippen LogP contribution in [0.1, 0.15) is 2.74 Å². The van der Waals surface area contributed by atoms with Gasteiger partial charge in [0.2, 0.25) is 0 Å². The van der Waals surface area contributed by atoms with Gasteiger partial charge < -0.3 is 9.40 Å². The van der Waals surface area contributed by atoms with E-state index in [1.165, 1.54) is 0 Å². The van der Waals surface area contributed by atoms with Gasteiger partial charge in [-0.2, -0.15) is 0 Å². The number of nitrogens with one attached hydrogen (secondary N) is 1. The molecule has 4 heteroatoms. The average molecular weight is 215 g/mol. The third kappa shape index (κ3) is 1.21. The number of nitrogens with zero attached hydrogens (tertiary/aromatic N) is 1. The second-order valence-corrected chi connectivity index (χ2v) is 2.71. The summed E-state index contributed by atoms with van der Waals surface area (Å²) < 4.78 is 20.2. The average Bonchev–Trinajstić information content (AvgIpc) is 2.61. The summed E-state index contributed by atoms with van der Waals surface area (Å²) in [4.78, 5) is 6.43. The van der Waals surface area contributed by atoms with E-state index in [0.717, 1.165) is 0 Å². The van der Waals surface area contributed by atoms with E-state index >= 15 is 0 Å². The molecule has 0 atom stereocenters. The van der Waals surface area contributed by atoms with Gasteiger partial charge in [0.1, 0.15) is 0 Å². The molecule has 3 nitrogen and oxygen atoms in total. The lowest BCUT2D eigenvalue weighted by molar-refractivity contribution is 0.552. The Morgan fingerprint density at radius 2 is 2.55 bits per heavy atom. The number of halogens is 1. The largest absolute Gasteiger partial charge is 0.446 e. The molecule has 2 rings (SSSR count). The summed E-state index contributed by atoms with van der Waals surface area (Å²) in [7, 11) is 0. The van der Waals surface area contributed by atoms with Crippen LogP contribution in [0.4, 0.5) is 0 Å². The van der Waals surface area contributed by atoms with E-state index in [9.17, 15) is 0 Å². The quantitative estimate of drug-likeness (QED) is 0.793. The Morgan fingerprint density at radius 1 is 1.64 bits per heavy atom. The molecule has 0 aliphatic heterocycles. The van der Waals surface area contributed by atoms with E-state index in [1.807, 2.05) is 0 Å². The molecule has 0 saturated heterocycles. The van der Waals surface area contributed by atoms with Gasteiger partial charge in [-0.25, -0.2) is 4.98 Å². The molecule has 2 aromatic rings. The Kier molecular flexibility index (Phi) is 1.10. The van der Waals surface area contributed by atoms with Crippen molar-refractivity contribution in [1.82, 2.24) is 9.97 Å². The van der Waals surface area contributed by atoms with Gasteiger partial charge in [-0.3, -0.25) is 0 Å². The first-order chi connectivity index (χ1) is 6.16. The van der Waals surface area contributed by atoms with Crippen LogP contribution in [0.2, 0.25) is 0 Å². The van der Waals surface area contributed by atoms with Crippen LogP contribution in [0.15, 0.2) is 33.6 Å². The fourth-order valence-corrected chi connectivity index (χ4v) is 1.06.